The minimum Gasteiger partial charge on any atom is -0.342 e. The SMILES string of the molecule is CCC(C)N(C)C(=O)C1CCCC(C)N1. The van der Waals surface area contributed by atoms with E-state index in [0.29, 0.717) is 12.1 Å². The van der Waals surface area contributed by atoms with Gasteiger partial charge in [0.1, 0.15) is 0 Å². The Labute approximate surface area is 93.2 Å². The van der Waals surface area contributed by atoms with E-state index in [1.807, 2.05) is 11.9 Å². The lowest BCUT2D eigenvalue weighted by molar-refractivity contribution is -0.134. The molecule has 3 atom stereocenters. The van der Waals surface area contributed by atoms with Crippen molar-refractivity contribution in [2.75, 3.05) is 7.05 Å². The van der Waals surface area contributed by atoms with Crippen LogP contribution in [0.1, 0.15) is 46.5 Å². The van der Waals surface area contributed by atoms with E-state index in [1.54, 1.807) is 0 Å². The molecule has 1 fully saturated rings. The first-order valence-corrected chi connectivity index (χ1v) is 6.09. The van der Waals surface area contributed by atoms with Crippen LogP contribution in [0.15, 0.2) is 0 Å². The van der Waals surface area contributed by atoms with Crippen LogP contribution in [0.5, 0.6) is 0 Å². The number of carbonyl (C=O) groups excluding carboxylic acids is 1. The second-order valence-electron chi connectivity index (χ2n) is 4.76. The zero-order valence-corrected chi connectivity index (χ0v) is 10.4. The standard InChI is InChI=1S/C12H24N2O/c1-5-10(3)14(4)12(15)11-8-6-7-9(2)13-11/h9-11,13H,5-8H2,1-4H3. The first-order chi connectivity index (χ1) is 7.06. The molecule has 3 nitrogen and oxygen atoms in total. The number of hydrogen-bond donors (Lipinski definition) is 1. The monoisotopic (exact) mass is 212 g/mol. The molecule has 88 valence electrons. The van der Waals surface area contributed by atoms with Gasteiger partial charge in [-0.15, -0.1) is 0 Å². The summed E-state index contributed by atoms with van der Waals surface area (Å²) in [5.41, 5.74) is 0. The van der Waals surface area contributed by atoms with Crippen molar-refractivity contribution in [1.29, 1.82) is 0 Å². The van der Waals surface area contributed by atoms with Gasteiger partial charge in [-0.25, -0.2) is 0 Å². The summed E-state index contributed by atoms with van der Waals surface area (Å²) in [5.74, 6) is 0.260. The number of likely N-dealkylation sites (N-methyl/N-ethyl adjacent to an activating group) is 1. The van der Waals surface area contributed by atoms with Gasteiger partial charge in [-0.2, -0.15) is 0 Å². The predicted octanol–water partition coefficient (Wildman–Crippen LogP) is 1.77. The smallest absolute Gasteiger partial charge is 0.239 e. The molecule has 0 spiro atoms. The maximum atomic E-state index is 12.1. The molecule has 1 aliphatic heterocycles. The van der Waals surface area contributed by atoms with Crippen LogP contribution in [-0.4, -0.2) is 36.0 Å². The molecule has 1 aliphatic rings. The molecule has 0 aromatic heterocycles. The third-order valence-corrected chi connectivity index (χ3v) is 3.51. The van der Waals surface area contributed by atoms with Crippen molar-refractivity contribution < 1.29 is 4.79 Å². The van der Waals surface area contributed by atoms with Crippen molar-refractivity contribution >= 4 is 5.91 Å². The number of rotatable bonds is 3. The Bertz CT molecular complexity index is 218. The zero-order chi connectivity index (χ0) is 11.4. The van der Waals surface area contributed by atoms with E-state index < -0.39 is 0 Å². The third kappa shape index (κ3) is 3.20. The molecule has 1 N–H and O–H groups in total. The Morgan fingerprint density at radius 1 is 1.53 bits per heavy atom. The number of piperidine rings is 1. The largest absolute Gasteiger partial charge is 0.342 e. The van der Waals surface area contributed by atoms with E-state index in [-0.39, 0.29) is 11.9 Å². The summed E-state index contributed by atoms with van der Waals surface area (Å²) in [6.07, 6.45) is 4.37. The Kier molecular flexibility index (Phi) is 4.58. The molecular formula is C12H24N2O. The van der Waals surface area contributed by atoms with Crippen LogP contribution in [0.4, 0.5) is 0 Å². The molecule has 0 aromatic rings. The Hall–Kier alpha value is -0.570. The molecule has 0 saturated carbocycles. The summed E-state index contributed by atoms with van der Waals surface area (Å²) < 4.78 is 0. The number of carbonyl (C=O) groups is 1. The molecule has 1 rings (SSSR count). The van der Waals surface area contributed by atoms with Gasteiger partial charge >= 0.3 is 0 Å². The lowest BCUT2D eigenvalue weighted by Gasteiger charge is -2.33. The van der Waals surface area contributed by atoms with Gasteiger partial charge in [0.25, 0.3) is 0 Å². The number of nitrogens with zero attached hydrogens (tertiary/aromatic N) is 1. The topological polar surface area (TPSA) is 32.3 Å². The summed E-state index contributed by atoms with van der Waals surface area (Å²) in [4.78, 5) is 14.0. The van der Waals surface area contributed by atoms with Crippen LogP contribution >= 0.6 is 0 Å². The highest BCUT2D eigenvalue weighted by atomic mass is 16.2. The Balaban J connectivity index is 2.51. The van der Waals surface area contributed by atoms with Gasteiger partial charge in [0.2, 0.25) is 5.91 Å². The van der Waals surface area contributed by atoms with Crippen molar-refractivity contribution in [1.82, 2.24) is 10.2 Å². The number of hydrogen-bond acceptors (Lipinski definition) is 2. The summed E-state index contributed by atoms with van der Waals surface area (Å²) in [7, 11) is 1.91. The number of amides is 1. The van der Waals surface area contributed by atoms with Crippen LogP contribution in [0.2, 0.25) is 0 Å². The predicted molar refractivity (Wildman–Crippen MR) is 62.8 cm³/mol. The molecule has 0 aliphatic carbocycles. The van der Waals surface area contributed by atoms with E-state index in [1.165, 1.54) is 12.8 Å². The van der Waals surface area contributed by atoms with Crippen LogP contribution in [0.25, 0.3) is 0 Å². The average molecular weight is 212 g/mol. The highest BCUT2D eigenvalue weighted by Crippen LogP contribution is 2.15. The first kappa shape index (κ1) is 12.5. The minimum atomic E-state index is 0.0488. The molecule has 1 heterocycles. The average Bonchev–Trinajstić information content (AvgIpc) is 2.26. The normalized spacial score (nSPS) is 28.5. The number of nitrogens with one attached hydrogen (secondary N) is 1. The van der Waals surface area contributed by atoms with Gasteiger partial charge in [0, 0.05) is 19.1 Å². The van der Waals surface area contributed by atoms with Gasteiger partial charge in [-0.05, 0) is 39.5 Å². The maximum absolute atomic E-state index is 12.1. The van der Waals surface area contributed by atoms with Gasteiger partial charge in [0.15, 0.2) is 0 Å². The summed E-state index contributed by atoms with van der Waals surface area (Å²) in [6, 6.07) is 0.877. The summed E-state index contributed by atoms with van der Waals surface area (Å²) in [5, 5.41) is 3.38. The molecule has 15 heavy (non-hydrogen) atoms. The van der Waals surface area contributed by atoms with Crippen molar-refractivity contribution in [2.24, 2.45) is 0 Å². The molecular weight excluding hydrogens is 188 g/mol. The maximum Gasteiger partial charge on any atom is 0.239 e. The molecule has 3 unspecified atom stereocenters. The minimum absolute atomic E-state index is 0.0488. The molecule has 3 heteroatoms. The second kappa shape index (κ2) is 5.50. The lowest BCUT2D eigenvalue weighted by atomic mass is 9.98. The van der Waals surface area contributed by atoms with Crippen LogP contribution in [0, 0.1) is 0 Å². The fraction of sp³-hybridized carbons (Fsp3) is 0.917. The zero-order valence-electron chi connectivity index (χ0n) is 10.4. The highest BCUT2D eigenvalue weighted by Gasteiger charge is 2.27. The molecule has 0 aromatic carbocycles. The van der Waals surface area contributed by atoms with Crippen LogP contribution in [-0.2, 0) is 4.79 Å². The van der Waals surface area contributed by atoms with E-state index in [4.69, 9.17) is 0 Å². The molecule has 0 bridgehead atoms. The van der Waals surface area contributed by atoms with E-state index in [2.05, 4.69) is 26.1 Å². The Morgan fingerprint density at radius 2 is 2.20 bits per heavy atom. The van der Waals surface area contributed by atoms with Crippen LogP contribution < -0.4 is 5.32 Å². The van der Waals surface area contributed by atoms with Crippen molar-refractivity contribution in [2.45, 2.75) is 64.6 Å². The molecule has 0 radical (unpaired) electrons. The van der Waals surface area contributed by atoms with E-state index >= 15 is 0 Å². The second-order valence-corrected chi connectivity index (χ2v) is 4.76. The molecule has 1 amide bonds. The van der Waals surface area contributed by atoms with Gasteiger partial charge in [-0.3, -0.25) is 4.79 Å². The first-order valence-electron chi connectivity index (χ1n) is 6.09. The van der Waals surface area contributed by atoms with Crippen LogP contribution in [0.3, 0.4) is 0 Å². The van der Waals surface area contributed by atoms with E-state index in [9.17, 15) is 4.79 Å². The van der Waals surface area contributed by atoms with E-state index in [0.717, 1.165) is 12.8 Å². The molecule has 1 saturated heterocycles. The summed E-state index contributed by atoms with van der Waals surface area (Å²) in [6.45, 7) is 6.37. The fourth-order valence-electron chi connectivity index (χ4n) is 2.07. The fourth-order valence-corrected chi connectivity index (χ4v) is 2.07. The van der Waals surface area contributed by atoms with Gasteiger partial charge in [-0.1, -0.05) is 6.92 Å². The third-order valence-electron chi connectivity index (χ3n) is 3.51. The lowest BCUT2D eigenvalue weighted by Crippen LogP contribution is -2.52. The quantitative estimate of drug-likeness (QED) is 0.773. The summed E-state index contributed by atoms with van der Waals surface area (Å²) >= 11 is 0. The highest BCUT2D eigenvalue weighted by molar-refractivity contribution is 5.82. The van der Waals surface area contributed by atoms with Gasteiger partial charge in [0.05, 0.1) is 6.04 Å². The van der Waals surface area contributed by atoms with Crippen molar-refractivity contribution in [3.05, 3.63) is 0 Å². The Morgan fingerprint density at radius 3 is 2.73 bits per heavy atom. The van der Waals surface area contributed by atoms with Crippen molar-refractivity contribution in [3.63, 3.8) is 0 Å². The van der Waals surface area contributed by atoms with Crippen molar-refractivity contribution in [3.8, 4) is 0 Å². The van der Waals surface area contributed by atoms with Gasteiger partial charge < -0.3 is 10.2 Å².